The average molecular weight is 587 g/mol. The molecule has 2 fully saturated rings. The van der Waals surface area contributed by atoms with Crippen LogP contribution in [0.3, 0.4) is 0 Å². The molecule has 0 radical (unpaired) electrons. The zero-order chi connectivity index (χ0) is 28.3. The number of ketones is 1. The molecule has 2 saturated heterocycles. The fourth-order valence-corrected chi connectivity index (χ4v) is 7.06. The Bertz CT molecular complexity index is 1530. The van der Waals surface area contributed by atoms with Crippen LogP contribution >= 0.6 is 11.3 Å². The molecule has 40 heavy (non-hydrogen) atoms. The van der Waals surface area contributed by atoms with Crippen LogP contribution < -0.4 is 11.1 Å². The topological polar surface area (TPSA) is 122 Å². The maximum atomic E-state index is 14.1. The van der Waals surface area contributed by atoms with E-state index in [0.29, 0.717) is 30.2 Å². The number of rotatable bonds is 7. The van der Waals surface area contributed by atoms with Crippen LogP contribution in [0.25, 0.3) is 0 Å². The van der Waals surface area contributed by atoms with Crippen LogP contribution in [-0.4, -0.2) is 72.1 Å². The number of halogens is 2. The largest absolute Gasteiger partial charge is 0.382 e. The smallest absolute Gasteiger partial charge is 0.244 e. The standard InChI is InChI=1S/C27H28F2N6O3S2/c28-21-6-3-7-22(29)23(21)24(36)25-26(30)33-27(39-25)32-19-10-15-35(16-11-19)40(37,38)20-9-8-18(31-17-20)5-4-14-34-12-1-2-13-34/h3,6-9,17,19H,1-2,10-16,30H2,(H,32,33). The quantitative estimate of drug-likeness (QED) is 0.320. The van der Waals surface area contributed by atoms with Gasteiger partial charge >= 0.3 is 0 Å². The third-order valence-corrected chi connectivity index (χ3v) is 9.81. The summed E-state index contributed by atoms with van der Waals surface area (Å²) in [6.45, 7) is 3.33. The summed E-state index contributed by atoms with van der Waals surface area (Å²) < 4.78 is 55.9. The van der Waals surface area contributed by atoms with Gasteiger partial charge < -0.3 is 11.1 Å². The van der Waals surface area contributed by atoms with Gasteiger partial charge in [-0.25, -0.2) is 27.2 Å². The molecule has 2 aliphatic heterocycles. The highest BCUT2D eigenvalue weighted by molar-refractivity contribution is 7.89. The fraction of sp³-hybridized carbons (Fsp3) is 0.370. The molecule has 13 heteroatoms. The number of nitrogen functional groups attached to an aromatic ring is 1. The maximum Gasteiger partial charge on any atom is 0.244 e. The molecule has 1 aromatic carbocycles. The molecular weight excluding hydrogens is 558 g/mol. The summed E-state index contributed by atoms with van der Waals surface area (Å²) in [5.41, 5.74) is 5.73. The number of sulfonamides is 1. The number of likely N-dealkylation sites (tertiary alicyclic amines) is 1. The number of nitrogens with one attached hydrogen (secondary N) is 1. The van der Waals surface area contributed by atoms with Gasteiger partial charge in [0, 0.05) is 25.3 Å². The molecule has 3 N–H and O–H groups in total. The van der Waals surface area contributed by atoms with Crippen molar-refractivity contribution in [3.63, 3.8) is 0 Å². The van der Waals surface area contributed by atoms with E-state index in [4.69, 9.17) is 5.73 Å². The summed E-state index contributed by atoms with van der Waals surface area (Å²) >= 11 is 0.907. The van der Waals surface area contributed by atoms with Crippen LogP contribution in [0.4, 0.5) is 19.7 Å². The molecule has 0 bridgehead atoms. The maximum absolute atomic E-state index is 14.1. The molecule has 0 aliphatic carbocycles. The Labute approximate surface area is 235 Å². The number of nitrogens with two attached hydrogens (primary N) is 1. The lowest BCUT2D eigenvalue weighted by molar-refractivity contribution is 0.103. The third kappa shape index (κ3) is 6.15. The summed E-state index contributed by atoms with van der Waals surface area (Å²) in [7, 11) is -3.72. The third-order valence-electron chi connectivity index (χ3n) is 6.92. The summed E-state index contributed by atoms with van der Waals surface area (Å²) in [6.07, 6.45) is 4.70. The molecule has 0 unspecified atom stereocenters. The van der Waals surface area contributed by atoms with Gasteiger partial charge in [0.25, 0.3) is 0 Å². The van der Waals surface area contributed by atoms with E-state index in [1.54, 1.807) is 6.07 Å². The lowest BCUT2D eigenvalue weighted by atomic mass is 10.1. The molecule has 210 valence electrons. The van der Waals surface area contributed by atoms with Gasteiger partial charge in [-0.05, 0) is 69.0 Å². The first kappa shape index (κ1) is 28.1. The summed E-state index contributed by atoms with van der Waals surface area (Å²) in [5.74, 6) is 3.13. The first-order valence-corrected chi connectivity index (χ1v) is 15.2. The van der Waals surface area contributed by atoms with Gasteiger partial charge in [0.1, 0.15) is 32.9 Å². The SMILES string of the molecule is Nc1nc(NC2CCN(S(=O)(=O)c3ccc(C#CCN4CCCC4)nc3)CC2)sc1C(=O)c1c(F)cccc1F. The number of nitrogens with zero attached hydrogens (tertiary/aromatic N) is 4. The Morgan fingerprint density at radius 3 is 2.45 bits per heavy atom. The zero-order valence-corrected chi connectivity index (χ0v) is 23.2. The summed E-state index contributed by atoms with van der Waals surface area (Å²) in [5, 5.41) is 3.50. The highest BCUT2D eigenvalue weighted by Crippen LogP contribution is 2.31. The van der Waals surface area contributed by atoms with Gasteiger partial charge in [0.05, 0.1) is 12.1 Å². The van der Waals surface area contributed by atoms with E-state index in [1.807, 2.05) is 0 Å². The van der Waals surface area contributed by atoms with Gasteiger partial charge in [0.15, 0.2) is 5.13 Å². The van der Waals surface area contributed by atoms with E-state index in [0.717, 1.165) is 36.6 Å². The second kappa shape index (κ2) is 12.0. The van der Waals surface area contributed by atoms with Crippen molar-refractivity contribution in [1.29, 1.82) is 0 Å². The van der Waals surface area contributed by atoms with Crippen molar-refractivity contribution in [3.8, 4) is 11.8 Å². The van der Waals surface area contributed by atoms with Crippen LogP contribution in [-0.2, 0) is 10.0 Å². The first-order valence-electron chi connectivity index (χ1n) is 12.9. The molecule has 0 spiro atoms. The number of pyridine rings is 1. The Hall–Kier alpha value is -3.44. The van der Waals surface area contributed by atoms with E-state index < -0.39 is 33.0 Å². The minimum atomic E-state index is -3.72. The van der Waals surface area contributed by atoms with E-state index in [-0.39, 0.29) is 34.7 Å². The summed E-state index contributed by atoms with van der Waals surface area (Å²) in [6, 6.07) is 6.21. The number of hydrogen-bond acceptors (Lipinski definition) is 9. The monoisotopic (exact) mass is 586 g/mol. The number of aromatic nitrogens is 2. The normalized spacial score (nSPS) is 16.9. The van der Waals surface area contributed by atoms with Crippen LogP contribution in [0.2, 0.25) is 0 Å². The van der Waals surface area contributed by atoms with Crippen molar-refractivity contribution in [2.45, 2.75) is 36.6 Å². The van der Waals surface area contributed by atoms with Gasteiger partial charge in [0.2, 0.25) is 15.8 Å². The number of thiazole rings is 1. The number of piperidine rings is 1. The highest BCUT2D eigenvalue weighted by atomic mass is 32.2. The number of carbonyl (C=O) groups is 1. The molecule has 2 aromatic heterocycles. The van der Waals surface area contributed by atoms with Crippen LogP contribution in [0.1, 0.15) is 46.6 Å². The van der Waals surface area contributed by atoms with Crippen molar-refractivity contribution in [1.82, 2.24) is 19.2 Å². The van der Waals surface area contributed by atoms with Crippen LogP contribution in [0.5, 0.6) is 0 Å². The number of carbonyl (C=O) groups excluding carboxylic acids is 1. The van der Waals surface area contributed by atoms with Crippen molar-refractivity contribution < 1.29 is 22.0 Å². The lowest BCUT2D eigenvalue weighted by Crippen LogP contribution is -2.42. The van der Waals surface area contributed by atoms with Crippen LogP contribution in [0.15, 0.2) is 41.4 Å². The molecule has 3 aromatic rings. The predicted octanol–water partition coefficient (Wildman–Crippen LogP) is 3.34. The summed E-state index contributed by atoms with van der Waals surface area (Å²) in [4.78, 5) is 23.4. The van der Waals surface area contributed by atoms with Crippen molar-refractivity contribution in [3.05, 3.63) is 64.3 Å². The van der Waals surface area contributed by atoms with Gasteiger partial charge in [-0.3, -0.25) is 9.69 Å². The Kier molecular flexibility index (Phi) is 8.41. The Morgan fingerprint density at radius 2 is 1.80 bits per heavy atom. The number of benzene rings is 1. The fourth-order valence-electron chi connectivity index (χ4n) is 4.74. The second-order valence-corrected chi connectivity index (χ2v) is 12.6. The molecule has 2 aliphatic rings. The van der Waals surface area contributed by atoms with Gasteiger partial charge in [-0.2, -0.15) is 4.31 Å². The first-order chi connectivity index (χ1) is 19.2. The molecule has 9 nitrogen and oxygen atoms in total. The number of anilines is 2. The van der Waals surface area contributed by atoms with Gasteiger partial charge in [-0.1, -0.05) is 23.3 Å². The van der Waals surface area contributed by atoms with E-state index >= 15 is 0 Å². The Balaban J connectivity index is 1.17. The molecule has 4 heterocycles. The highest BCUT2D eigenvalue weighted by Gasteiger charge is 2.31. The minimum absolute atomic E-state index is 0.0665. The average Bonchev–Trinajstić information content (AvgIpc) is 3.58. The molecule has 0 amide bonds. The van der Waals surface area contributed by atoms with Gasteiger partial charge in [-0.15, -0.1) is 0 Å². The van der Waals surface area contributed by atoms with Crippen molar-refractivity contribution in [2.75, 3.05) is 43.8 Å². The minimum Gasteiger partial charge on any atom is -0.382 e. The van der Waals surface area contributed by atoms with E-state index in [9.17, 15) is 22.0 Å². The predicted molar refractivity (Wildman–Crippen MR) is 149 cm³/mol. The molecule has 0 atom stereocenters. The zero-order valence-electron chi connectivity index (χ0n) is 21.6. The van der Waals surface area contributed by atoms with E-state index in [1.165, 1.54) is 35.5 Å². The van der Waals surface area contributed by atoms with Crippen molar-refractivity contribution >= 4 is 38.1 Å². The van der Waals surface area contributed by atoms with E-state index in [2.05, 4.69) is 32.0 Å². The second-order valence-electron chi connectivity index (χ2n) is 9.65. The van der Waals surface area contributed by atoms with Crippen molar-refractivity contribution in [2.24, 2.45) is 0 Å². The van der Waals surface area contributed by atoms with Crippen LogP contribution in [0, 0.1) is 23.5 Å². The molecule has 0 saturated carbocycles. The number of hydrogen-bond donors (Lipinski definition) is 2. The lowest BCUT2D eigenvalue weighted by Gasteiger charge is -2.31. The molecule has 5 rings (SSSR count). The molecular formula is C27H28F2N6O3S2. The Morgan fingerprint density at radius 1 is 1.10 bits per heavy atom.